The van der Waals surface area contributed by atoms with Crippen LogP contribution in [-0.4, -0.2) is 5.78 Å². The molecule has 3 heteroatoms. The fourth-order valence-electron chi connectivity index (χ4n) is 1.04. The maximum atomic E-state index is 11.0. The lowest BCUT2D eigenvalue weighted by Gasteiger charge is -2.01. The summed E-state index contributed by atoms with van der Waals surface area (Å²) in [5, 5.41) is 0. The first kappa shape index (κ1) is 11.1. The number of carbonyl (C=O) groups excluding carboxylic acids is 1. The Bertz CT molecular complexity index is 273. The minimum Gasteiger partial charge on any atom is -0.326 e. The van der Waals surface area contributed by atoms with Gasteiger partial charge in [-0.1, -0.05) is 24.3 Å². The first-order valence-corrected chi connectivity index (χ1v) is 3.54. The molecule has 0 unspecified atom stereocenters. The second-order valence-electron chi connectivity index (χ2n) is 2.42. The summed E-state index contributed by atoms with van der Waals surface area (Å²) in [5.41, 5.74) is 7.08. The van der Waals surface area contributed by atoms with Gasteiger partial charge in [-0.05, 0) is 12.5 Å². The Morgan fingerprint density at radius 1 is 1.42 bits per heavy atom. The molecule has 0 aliphatic carbocycles. The fraction of sp³-hybridized carbons (Fsp3) is 0.222. The molecule has 0 amide bonds. The van der Waals surface area contributed by atoms with Crippen LogP contribution >= 0.6 is 12.4 Å². The van der Waals surface area contributed by atoms with E-state index < -0.39 is 0 Å². The van der Waals surface area contributed by atoms with Crippen LogP contribution in [0.5, 0.6) is 0 Å². The summed E-state index contributed by atoms with van der Waals surface area (Å²) in [4.78, 5) is 11.0. The molecule has 0 radical (unpaired) electrons. The van der Waals surface area contributed by atoms with Crippen molar-refractivity contribution >= 4 is 18.2 Å². The van der Waals surface area contributed by atoms with Crippen molar-refractivity contribution in [3.63, 3.8) is 0 Å². The van der Waals surface area contributed by atoms with Gasteiger partial charge in [-0.2, -0.15) is 0 Å². The van der Waals surface area contributed by atoms with Gasteiger partial charge in [-0.25, -0.2) is 0 Å². The first-order valence-electron chi connectivity index (χ1n) is 3.54. The van der Waals surface area contributed by atoms with Crippen LogP contribution in [0, 0.1) is 0 Å². The van der Waals surface area contributed by atoms with Crippen LogP contribution < -0.4 is 5.73 Å². The third-order valence-corrected chi connectivity index (χ3v) is 1.62. The summed E-state index contributed by atoms with van der Waals surface area (Å²) in [6.45, 7) is 1.98. The number of ketones is 1. The molecule has 0 heterocycles. The lowest BCUT2D eigenvalue weighted by atomic mass is 10.1. The summed E-state index contributed by atoms with van der Waals surface area (Å²) in [5.74, 6) is 0.0750. The number of hydrogen-bond acceptors (Lipinski definition) is 2. The molecular weight excluding hydrogens is 174 g/mol. The minimum atomic E-state index is 0. The van der Waals surface area contributed by atoms with Crippen LogP contribution in [0.3, 0.4) is 0 Å². The Morgan fingerprint density at radius 2 is 2.00 bits per heavy atom. The van der Waals surface area contributed by atoms with Crippen molar-refractivity contribution in [2.45, 2.75) is 13.5 Å². The second kappa shape index (κ2) is 4.91. The Morgan fingerprint density at radius 3 is 2.42 bits per heavy atom. The number of carbonyl (C=O) groups is 1. The standard InChI is InChI=1S/C9H11NO.ClH/c1-7(11)9-5-3-2-4-8(9)6-10;/h2-5H,6,10H2,1H3;1H. The molecule has 0 bridgehead atoms. The van der Waals surface area contributed by atoms with Gasteiger partial charge < -0.3 is 5.73 Å². The predicted octanol–water partition coefficient (Wildman–Crippen LogP) is 1.77. The van der Waals surface area contributed by atoms with Gasteiger partial charge in [0.25, 0.3) is 0 Å². The Kier molecular flexibility index (Phi) is 4.55. The molecule has 1 aromatic carbocycles. The smallest absolute Gasteiger partial charge is 0.160 e. The third kappa shape index (κ3) is 2.32. The normalized spacial score (nSPS) is 8.83. The molecule has 0 aliphatic rings. The van der Waals surface area contributed by atoms with Gasteiger partial charge in [0, 0.05) is 12.1 Å². The predicted molar refractivity (Wildman–Crippen MR) is 51.6 cm³/mol. The van der Waals surface area contributed by atoms with Crippen molar-refractivity contribution < 1.29 is 4.79 Å². The molecule has 0 atom stereocenters. The van der Waals surface area contributed by atoms with E-state index in [9.17, 15) is 4.79 Å². The van der Waals surface area contributed by atoms with Crippen LogP contribution in [0.25, 0.3) is 0 Å². The highest BCUT2D eigenvalue weighted by Gasteiger charge is 2.02. The monoisotopic (exact) mass is 185 g/mol. The number of Topliss-reactive ketones (excluding diaryl/α,β-unsaturated/α-hetero) is 1. The molecule has 1 rings (SSSR count). The molecular formula is C9H12ClNO. The highest BCUT2D eigenvalue weighted by molar-refractivity contribution is 5.95. The van der Waals surface area contributed by atoms with E-state index in [4.69, 9.17) is 5.73 Å². The summed E-state index contributed by atoms with van der Waals surface area (Å²) >= 11 is 0. The topological polar surface area (TPSA) is 43.1 Å². The molecule has 0 saturated heterocycles. The minimum absolute atomic E-state index is 0. The van der Waals surface area contributed by atoms with Crippen molar-refractivity contribution in [2.75, 3.05) is 0 Å². The molecule has 66 valence electrons. The Balaban J connectivity index is 0.00000121. The Labute approximate surface area is 78.2 Å². The number of nitrogens with two attached hydrogens (primary N) is 1. The zero-order chi connectivity index (χ0) is 8.27. The van der Waals surface area contributed by atoms with Crippen LogP contribution in [-0.2, 0) is 6.54 Å². The van der Waals surface area contributed by atoms with E-state index in [1.54, 1.807) is 13.0 Å². The van der Waals surface area contributed by atoms with Crippen molar-refractivity contribution in [1.29, 1.82) is 0 Å². The van der Waals surface area contributed by atoms with Crippen molar-refractivity contribution in [3.8, 4) is 0 Å². The molecule has 0 aromatic heterocycles. The maximum Gasteiger partial charge on any atom is 0.160 e. The molecule has 2 nitrogen and oxygen atoms in total. The summed E-state index contributed by atoms with van der Waals surface area (Å²) in [6, 6.07) is 7.39. The zero-order valence-electron chi connectivity index (χ0n) is 6.91. The van der Waals surface area contributed by atoms with Gasteiger partial charge in [-0.3, -0.25) is 4.79 Å². The van der Waals surface area contributed by atoms with E-state index in [2.05, 4.69) is 0 Å². The molecule has 1 aromatic rings. The second-order valence-corrected chi connectivity index (χ2v) is 2.42. The van der Waals surface area contributed by atoms with Gasteiger partial charge in [0.1, 0.15) is 0 Å². The van der Waals surface area contributed by atoms with E-state index in [0.29, 0.717) is 6.54 Å². The van der Waals surface area contributed by atoms with Gasteiger partial charge >= 0.3 is 0 Å². The number of halogens is 1. The number of hydrogen-bond donors (Lipinski definition) is 1. The molecule has 2 N–H and O–H groups in total. The average Bonchev–Trinajstić information content (AvgIpc) is 2.04. The van der Waals surface area contributed by atoms with E-state index in [-0.39, 0.29) is 18.2 Å². The summed E-state index contributed by atoms with van der Waals surface area (Å²) in [6.07, 6.45) is 0. The Hall–Kier alpha value is -0.860. The zero-order valence-corrected chi connectivity index (χ0v) is 7.73. The van der Waals surface area contributed by atoms with Crippen molar-refractivity contribution in [2.24, 2.45) is 5.73 Å². The molecule has 0 aliphatic heterocycles. The molecule has 0 saturated carbocycles. The van der Waals surface area contributed by atoms with Gasteiger partial charge in [-0.15, -0.1) is 12.4 Å². The fourth-order valence-corrected chi connectivity index (χ4v) is 1.04. The first-order chi connectivity index (χ1) is 5.25. The largest absolute Gasteiger partial charge is 0.326 e. The molecule has 12 heavy (non-hydrogen) atoms. The average molecular weight is 186 g/mol. The maximum absolute atomic E-state index is 11.0. The van der Waals surface area contributed by atoms with Crippen molar-refractivity contribution in [3.05, 3.63) is 35.4 Å². The quantitative estimate of drug-likeness (QED) is 0.714. The lowest BCUT2D eigenvalue weighted by molar-refractivity contribution is 0.101. The van der Waals surface area contributed by atoms with E-state index >= 15 is 0 Å². The van der Waals surface area contributed by atoms with Gasteiger partial charge in [0.2, 0.25) is 0 Å². The third-order valence-electron chi connectivity index (χ3n) is 1.62. The van der Waals surface area contributed by atoms with E-state index in [1.165, 1.54) is 0 Å². The van der Waals surface area contributed by atoms with E-state index in [1.807, 2.05) is 18.2 Å². The highest BCUT2D eigenvalue weighted by atomic mass is 35.5. The SMILES string of the molecule is CC(=O)c1ccccc1CN.Cl. The van der Waals surface area contributed by atoms with E-state index in [0.717, 1.165) is 11.1 Å². The number of rotatable bonds is 2. The lowest BCUT2D eigenvalue weighted by Crippen LogP contribution is -2.04. The van der Waals surface area contributed by atoms with Crippen LogP contribution in [0.1, 0.15) is 22.8 Å². The highest BCUT2D eigenvalue weighted by Crippen LogP contribution is 2.07. The van der Waals surface area contributed by atoms with Gasteiger partial charge in [0.15, 0.2) is 5.78 Å². The molecule has 0 spiro atoms. The van der Waals surface area contributed by atoms with Crippen LogP contribution in [0.4, 0.5) is 0 Å². The number of benzene rings is 1. The van der Waals surface area contributed by atoms with Gasteiger partial charge in [0.05, 0.1) is 0 Å². The van der Waals surface area contributed by atoms with Crippen LogP contribution in [0.15, 0.2) is 24.3 Å². The van der Waals surface area contributed by atoms with Crippen LogP contribution in [0.2, 0.25) is 0 Å². The van der Waals surface area contributed by atoms with Crippen molar-refractivity contribution in [1.82, 2.24) is 0 Å². The summed E-state index contributed by atoms with van der Waals surface area (Å²) < 4.78 is 0. The molecule has 0 fully saturated rings. The summed E-state index contributed by atoms with van der Waals surface area (Å²) in [7, 11) is 0.